The summed E-state index contributed by atoms with van der Waals surface area (Å²) < 4.78 is 10.5. The molecule has 0 aromatic heterocycles. The van der Waals surface area contributed by atoms with E-state index < -0.39 is 11.7 Å². The molecule has 0 heterocycles. The van der Waals surface area contributed by atoms with Gasteiger partial charge in [0.1, 0.15) is 5.60 Å². The minimum absolute atomic E-state index is 0.404. The lowest BCUT2D eigenvalue weighted by Gasteiger charge is -2.19. The van der Waals surface area contributed by atoms with Gasteiger partial charge in [-0.3, -0.25) is 0 Å². The van der Waals surface area contributed by atoms with Crippen LogP contribution in [-0.2, 0) is 16.1 Å². The van der Waals surface area contributed by atoms with Crippen LogP contribution in [0.3, 0.4) is 0 Å². The number of ether oxygens (including phenoxy) is 2. The average Bonchev–Trinajstić information content (AvgIpc) is 2.28. The molecule has 1 aromatic rings. The van der Waals surface area contributed by atoms with E-state index in [9.17, 15) is 4.79 Å². The predicted octanol–water partition coefficient (Wildman–Crippen LogP) is 2.31. The largest absolute Gasteiger partial charge is 0.444 e. The van der Waals surface area contributed by atoms with Crippen molar-refractivity contribution in [3.63, 3.8) is 0 Å². The first-order chi connectivity index (χ1) is 8.88. The van der Waals surface area contributed by atoms with E-state index in [1.165, 1.54) is 0 Å². The van der Waals surface area contributed by atoms with E-state index in [0.717, 1.165) is 5.56 Å². The lowest BCUT2D eigenvalue weighted by Crippen LogP contribution is -2.34. The average molecular weight is 266 g/mol. The molecule has 19 heavy (non-hydrogen) atoms. The normalized spacial score (nSPS) is 11.1. The summed E-state index contributed by atoms with van der Waals surface area (Å²) in [5.41, 5.74) is 6.96. The fraction of sp³-hybridized carbons (Fsp3) is 0.500. The molecule has 0 saturated carbocycles. The summed E-state index contributed by atoms with van der Waals surface area (Å²) in [4.78, 5) is 11.3. The maximum Gasteiger partial charge on any atom is 0.407 e. The Labute approximate surface area is 114 Å². The van der Waals surface area contributed by atoms with Crippen molar-refractivity contribution in [2.24, 2.45) is 0 Å². The molecule has 0 radical (unpaired) electrons. The lowest BCUT2D eigenvalue weighted by atomic mass is 10.2. The molecule has 0 aliphatic heterocycles. The lowest BCUT2D eigenvalue weighted by molar-refractivity contribution is 0.0494. The van der Waals surface area contributed by atoms with Crippen LogP contribution in [0, 0.1) is 0 Å². The maximum absolute atomic E-state index is 11.3. The molecule has 0 aliphatic rings. The Morgan fingerprint density at radius 1 is 1.32 bits per heavy atom. The first-order valence-electron chi connectivity index (χ1n) is 6.26. The zero-order valence-corrected chi connectivity index (χ0v) is 11.7. The van der Waals surface area contributed by atoms with Crippen molar-refractivity contribution in [1.29, 1.82) is 0 Å². The molecule has 1 amide bonds. The molecule has 0 fully saturated rings. The van der Waals surface area contributed by atoms with Crippen LogP contribution >= 0.6 is 0 Å². The van der Waals surface area contributed by atoms with Gasteiger partial charge < -0.3 is 20.5 Å². The summed E-state index contributed by atoms with van der Waals surface area (Å²) in [6.07, 6.45) is -0.435. The van der Waals surface area contributed by atoms with Crippen LogP contribution in [0.4, 0.5) is 10.5 Å². The number of nitrogens with one attached hydrogen (secondary N) is 1. The SMILES string of the molecule is CC(C)(C)OC(=O)NCCOCc1ccccc1N. The molecule has 0 spiro atoms. The monoisotopic (exact) mass is 266 g/mol. The number of hydrogen-bond donors (Lipinski definition) is 2. The van der Waals surface area contributed by atoms with E-state index in [2.05, 4.69) is 5.32 Å². The number of nitrogens with two attached hydrogens (primary N) is 1. The molecule has 0 unspecified atom stereocenters. The third-order valence-electron chi connectivity index (χ3n) is 2.23. The molecular formula is C14H22N2O3. The standard InChI is InChI=1S/C14H22N2O3/c1-14(2,3)19-13(17)16-8-9-18-10-11-6-4-5-7-12(11)15/h4-7H,8-10,15H2,1-3H3,(H,16,17). The Kier molecular flexibility index (Phi) is 5.63. The predicted molar refractivity (Wildman–Crippen MR) is 74.7 cm³/mol. The summed E-state index contributed by atoms with van der Waals surface area (Å²) >= 11 is 0. The van der Waals surface area contributed by atoms with Gasteiger partial charge in [-0.15, -0.1) is 0 Å². The van der Waals surface area contributed by atoms with Crippen LogP contribution in [-0.4, -0.2) is 24.8 Å². The third-order valence-corrected chi connectivity index (χ3v) is 2.23. The number of rotatable bonds is 5. The number of amides is 1. The molecule has 1 aromatic carbocycles. The Bertz CT molecular complexity index is 413. The molecular weight excluding hydrogens is 244 g/mol. The number of alkyl carbamates (subject to hydrolysis) is 1. The zero-order chi connectivity index (χ0) is 14.3. The van der Waals surface area contributed by atoms with E-state index in [1.807, 2.05) is 45.0 Å². The van der Waals surface area contributed by atoms with Gasteiger partial charge in [0.15, 0.2) is 0 Å². The fourth-order valence-corrected chi connectivity index (χ4v) is 1.39. The van der Waals surface area contributed by atoms with E-state index in [0.29, 0.717) is 25.4 Å². The Morgan fingerprint density at radius 3 is 2.63 bits per heavy atom. The van der Waals surface area contributed by atoms with Crippen molar-refractivity contribution in [3.8, 4) is 0 Å². The highest BCUT2D eigenvalue weighted by Crippen LogP contribution is 2.11. The topological polar surface area (TPSA) is 73.6 Å². The van der Waals surface area contributed by atoms with Crippen LogP contribution in [0.1, 0.15) is 26.3 Å². The second-order valence-corrected chi connectivity index (χ2v) is 5.18. The fourth-order valence-electron chi connectivity index (χ4n) is 1.39. The summed E-state index contributed by atoms with van der Waals surface area (Å²) in [5, 5.41) is 2.62. The first kappa shape index (κ1) is 15.3. The quantitative estimate of drug-likeness (QED) is 0.633. The van der Waals surface area contributed by atoms with Gasteiger partial charge in [0.05, 0.1) is 13.2 Å². The van der Waals surface area contributed by atoms with Crippen molar-refractivity contribution in [2.75, 3.05) is 18.9 Å². The van der Waals surface area contributed by atoms with Gasteiger partial charge in [-0.1, -0.05) is 18.2 Å². The van der Waals surface area contributed by atoms with Gasteiger partial charge in [0, 0.05) is 17.8 Å². The highest BCUT2D eigenvalue weighted by molar-refractivity contribution is 5.67. The molecule has 0 bridgehead atoms. The number of carbonyl (C=O) groups is 1. The van der Waals surface area contributed by atoms with Crippen molar-refractivity contribution in [3.05, 3.63) is 29.8 Å². The minimum atomic E-state index is -0.483. The summed E-state index contributed by atoms with van der Waals surface area (Å²) in [6.45, 7) is 6.71. The Morgan fingerprint density at radius 2 is 2.00 bits per heavy atom. The smallest absolute Gasteiger partial charge is 0.407 e. The number of benzene rings is 1. The van der Waals surface area contributed by atoms with Gasteiger partial charge in [-0.05, 0) is 26.8 Å². The van der Waals surface area contributed by atoms with E-state index in [1.54, 1.807) is 0 Å². The molecule has 0 aliphatic carbocycles. The van der Waals surface area contributed by atoms with Gasteiger partial charge in [-0.25, -0.2) is 4.79 Å². The van der Waals surface area contributed by atoms with Crippen molar-refractivity contribution in [1.82, 2.24) is 5.32 Å². The number of nitrogen functional groups attached to an aromatic ring is 1. The Balaban J connectivity index is 2.15. The molecule has 0 atom stereocenters. The summed E-state index contributed by atoms with van der Waals surface area (Å²) in [6, 6.07) is 7.53. The highest BCUT2D eigenvalue weighted by Gasteiger charge is 2.15. The molecule has 1 rings (SSSR count). The van der Waals surface area contributed by atoms with Crippen LogP contribution in [0.25, 0.3) is 0 Å². The van der Waals surface area contributed by atoms with Gasteiger partial charge in [0.2, 0.25) is 0 Å². The van der Waals surface area contributed by atoms with Crippen LogP contribution in [0.5, 0.6) is 0 Å². The highest BCUT2D eigenvalue weighted by atomic mass is 16.6. The Hall–Kier alpha value is -1.75. The van der Waals surface area contributed by atoms with E-state index in [4.69, 9.17) is 15.2 Å². The van der Waals surface area contributed by atoms with Crippen LogP contribution in [0.15, 0.2) is 24.3 Å². The van der Waals surface area contributed by atoms with Crippen molar-refractivity contribution < 1.29 is 14.3 Å². The minimum Gasteiger partial charge on any atom is -0.444 e. The van der Waals surface area contributed by atoms with Crippen LogP contribution in [0.2, 0.25) is 0 Å². The van der Waals surface area contributed by atoms with Gasteiger partial charge in [0.25, 0.3) is 0 Å². The number of hydrogen-bond acceptors (Lipinski definition) is 4. The van der Waals surface area contributed by atoms with E-state index in [-0.39, 0.29) is 0 Å². The molecule has 106 valence electrons. The second-order valence-electron chi connectivity index (χ2n) is 5.18. The van der Waals surface area contributed by atoms with E-state index >= 15 is 0 Å². The number of anilines is 1. The summed E-state index contributed by atoms with van der Waals surface area (Å²) in [7, 11) is 0. The second kappa shape index (κ2) is 6.99. The van der Waals surface area contributed by atoms with Crippen LogP contribution < -0.4 is 11.1 Å². The van der Waals surface area contributed by atoms with Gasteiger partial charge >= 0.3 is 6.09 Å². The van der Waals surface area contributed by atoms with Gasteiger partial charge in [-0.2, -0.15) is 0 Å². The third kappa shape index (κ3) is 6.67. The summed E-state index contributed by atoms with van der Waals surface area (Å²) in [5.74, 6) is 0. The molecule has 0 saturated heterocycles. The maximum atomic E-state index is 11.3. The molecule has 5 heteroatoms. The molecule has 5 nitrogen and oxygen atoms in total. The van der Waals surface area contributed by atoms with Crippen molar-refractivity contribution >= 4 is 11.8 Å². The van der Waals surface area contributed by atoms with Crippen molar-refractivity contribution in [2.45, 2.75) is 33.0 Å². The zero-order valence-electron chi connectivity index (χ0n) is 11.7. The number of carbonyl (C=O) groups excluding carboxylic acids is 1. The first-order valence-corrected chi connectivity index (χ1v) is 6.26. The number of para-hydroxylation sites is 1. The molecule has 3 N–H and O–H groups in total.